The second kappa shape index (κ2) is 10.5. The third-order valence-electron chi connectivity index (χ3n) is 5.13. The van der Waals surface area contributed by atoms with Crippen LogP contribution in [0.3, 0.4) is 0 Å². The molecule has 1 N–H and O–H groups in total. The zero-order chi connectivity index (χ0) is 23.2. The summed E-state index contributed by atoms with van der Waals surface area (Å²) in [6, 6.07) is 5.46. The van der Waals surface area contributed by atoms with E-state index in [1.807, 2.05) is 0 Å². The molecule has 0 aromatic heterocycles. The van der Waals surface area contributed by atoms with Crippen LogP contribution in [0.4, 0.5) is 10.5 Å². The minimum atomic E-state index is -3.77. The van der Waals surface area contributed by atoms with Gasteiger partial charge in [0.05, 0.1) is 12.9 Å². The number of amides is 1. The Morgan fingerprint density at radius 3 is 2.23 bits per heavy atom. The van der Waals surface area contributed by atoms with E-state index in [0.29, 0.717) is 11.3 Å². The van der Waals surface area contributed by atoms with Gasteiger partial charge in [0, 0.05) is 11.7 Å². The summed E-state index contributed by atoms with van der Waals surface area (Å²) in [5, 5.41) is 2.62. The maximum absolute atomic E-state index is 13.3. The van der Waals surface area contributed by atoms with Gasteiger partial charge in [-0.3, -0.25) is 10.1 Å². The Hall–Kier alpha value is -2.13. The SMILES string of the molecule is COC(=O)[C@H](C)N(C1CCCCC1)S(=O)(=O)Cc1ccc(NC(=O)OC(C)(C)C)cc1. The quantitative estimate of drug-likeness (QED) is 0.624. The van der Waals surface area contributed by atoms with E-state index in [2.05, 4.69) is 5.32 Å². The van der Waals surface area contributed by atoms with Gasteiger partial charge in [0.15, 0.2) is 0 Å². The predicted octanol–water partition coefficient (Wildman–Crippen LogP) is 4.06. The first-order valence-corrected chi connectivity index (χ1v) is 12.2. The number of benzene rings is 1. The Morgan fingerprint density at radius 1 is 1.13 bits per heavy atom. The van der Waals surface area contributed by atoms with Crippen LogP contribution in [0.25, 0.3) is 0 Å². The molecule has 0 heterocycles. The number of esters is 1. The predicted molar refractivity (Wildman–Crippen MR) is 119 cm³/mol. The van der Waals surface area contributed by atoms with E-state index in [9.17, 15) is 18.0 Å². The Balaban J connectivity index is 2.15. The minimum absolute atomic E-state index is 0.207. The summed E-state index contributed by atoms with van der Waals surface area (Å²) in [6.45, 7) is 6.89. The van der Waals surface area contributed by atoms with E-state index in [-0.39, 0.29) is 11.8 Å². The Kier molecular flexibility index (Phi) is 8.48. The highest BCUT2D eigenvalue weighted by Gasteiger charge is 2.38. The lowest BCUT2D eigenvalue weighted by Crippen LogP contribution is -2.50. The number of carbonyl (C=O) groups excluding carboxylic acids is 2. The van der Waals surface area contributed by atoms with Crippen LogP contribution in [0.5, 0.6) is 0 Å². The zero-order valence-electron chi connectivity index (χ0n) is 19.0. The van der Waals surface area contributed by atoms with Gasteiger partial charge in [-0.15, -0.1) is 0 Å². The van der Waals surface area contributed by atoms with Crippen molar-refractivity contribution in [3.05, 3.63) is 29.8 Å². The number of anilines is 1. The summed E-state index contributed by atoms with van der Waals surface area (Å²) >= 11 is 0. The van der Waals surface area contributed by atoms with Crippen LogP contribution in [0.1, 0.15) is 65.4 Å². The molecular formula is C22H34N2O6S. The van der Waals surface area contributed by atoms with Crippen LogP contribution in [-0.2, 0) is 30.0 Å². The molecule has 8 nitrogen and oxygen atoms in total. The van der Waals surface area contributed by atoms with Crippen molar-refractivity contribution in [1.82, 2.24) is 4.31 Å². The molecule has 1 atom stereocenters. The second-order valence-electron chi connectivity index (χ2n) is 8.90. The molecule has 1 amide bonds. The average molecular weight is 455 g/mol. The largest absolute Gasteiger partial charge is 0.468 e. The summed E-state index contributed by atoms with van der Waals surface area (Å²) in [4.78, 5) is 24.1. The molecule has 31 heavy (non-hydrogen) atoms. The van der Waals surface area contributed by atoms with Gasteiger partial charge in [-0.05, 0) is 58.2 Å². The van der Waals surface area contributed by atoms with Gasteiger partial charge >= 0.3 is 12.1 Å². The van der Waals surface area contributed by atoms with Gasteiger partial charge in [0.2, 0.25) is 10.0 Å². The summed E-state index contributed by atoms with van der Waals surface area (Å²) in [5.74, 6) is -0.802. The van der Waals surface area contributed by atoms with Crippen molar-refractivity contribution in [3.8, 4) is 0 Å². The molecule has 9 heteroatoms. The normalized spacial score (nSPS) is 16.6. The van der Waals surface area contributed by atoms with Crippen LogP contribution in [0.2, 0.25) is 0 Å². The number of hydrogen-bond acceptors (Lipinski definition) is 6. The van der Waals surface area contributed by atoms with Crippen LogP contribution in [-0.4, -0.2) is 49.6 Å². The average Bonchev–Trinajstić information content (AvgIpc) is 2.67. The molecule has 0 radical (unpaired) electrons. The fourth-order valence-electron chi connectivity index (χ4n) is 3.79. The molecule has 1 fully saturated rings. The van der Waals surface area contributed by atoms with Gasteiger partial charge < -0.3 is 9.47 Å². The molecule has 0 bridgehead atoms. The number of methoxy groups -OCH3 is 1. The van der Waals surface area contributed by atoms with Crippen molar-refractivity contribution in [3.63, 3.8) is 0 Å². The van der Waals surface area contributed by atoms with Crippen LogP contribution in [0.15, 0.2) is 24.3 Å². The van der Waals surface area contributed by atoms with Crippen LogP contribution < -0.4 is 5.32 Å². The Morgan fingerprint density at radius 2 is 1.71 bits per heavy atom. The highest BCUT2D eigenvalue weighted by Crippen LogP contribution is 2.28. The van der Waals surface area contributed by atoms with Crippen molar-refractivity contribution >= 4 is 27.8 Å². The second-order valence-corrected chi connectivity index (χ2v) is 10.8. The molecule has 1 aliphatic carbocycles. The molecule has 1 saturated carbocycles. The molecule has 0 aliphatic heterocycles. The Labute approximate surface area is 185 Å². The highest BCUT2D eigenvalue weighted by molar-refractivity contribution is 7.88. The van der Waals surface area contributed by atoms with Crippen LogP contribution in [0, 0.1) is 0 Å². The maximum Gasteiger partial charge on any atom is 0.412 e. The number of sulfonamides is 1. The lowest BCUT2D eigenvalue weighted by Gasteiger charge is -2.36. The van der Waals surface area contributed by atoms with E-state index in [1.54, 1.807) is 52.0 Å². The van der Waals surface area contributed by atoms with Gasteiger partial charge in [-0.25, -0.2) is 13.2 Å². The number of carbonyl (C=O) groups is 2. The first-order chi connectivity index (χ1) is 14.4. The van der Waals surface area contributed by atoms with Crippen molar-refractivity contribution in [1.29, 1.82) is 0 Å². The van der Waals surface area contributed by atoms with Gasteiger partial charge in [-0.2, -0.15) is 4.31 Å². The molecule has 1 aromatic carbocycles. The molecule has 174 valence electrons. The molecule has 0 unspecified atom stereocenters. The number of hydrogen-bond donors (Lipinski definition) is 1. The van der Waals surface area contributed by atoms with Crippen molar-refractivity contribution < 1.29 is 27.5 Å². The van der Waals surface area contributed by atoms with Crippen molar-refractivity contribution in [2.75, 3.05) is 12.4 Å². The molecule has 0 spiro atoms. The topological polar surface area (TPSA) is 102 Å². The summed E-state index contributed by atoms with van der Waals surface area (Å²) < 4.78 is 38.0. The molecule has 1 aromatic rings. The zero-order valence-corrected chi connectivity index (χ0v) is 19.8. The van der Waals surface area contributed by atoms with Crippen LogP contribution >= 0.6 is 0 Å². The molecule has 0 saturated heterocycles. The van der Waals surface area contributed by atoms with Gasteiger partial charge in [0.25, 0.3) is 0 Å². The van der Waals surface area contributed by atoms with Crippen molar-refractivity contribution in [2.45, 2.75) is 83.2 Å². The summed E-state index contributed by atoms with van der Waals surface area (Å²) in [5.41, 5.74) is 0.451. The number of nitrogens with one attached hydrogen (secondary N) is 1. The van der Waals surface area contributed by atoms with E-state index in [4.69, 9.17) is 9.47 Å². The van der Waals surface area contributed by atoms with E-state index >= 15 is 0 Å². The summed E-state index contributed by atoms with van der Waals surface area (Å²) in [7, 11) is -2.50. The fourth-order valence-corrected chi connectivity index (χ4v) is 5.78. The standard InChI is InChI=1S/C22H34N2O6S/c1-16(20(25)29-5)24(19-9-7-6-8-10-19)31(27,28)15-17-11-13-18(14-12-17)23-21(26)30-22(2,3)4/h11-14,16,19H,6-10,15H2,1-5H3,(H,23,26)/t16-/m0/s1. The molecule has 1 aliphatic rings. The van der Waals surface area contributed by atoms with E-state index in [0.717, 1.165) is 32.1 Å². The van der Waals surface area contributed by atoms with E-state index in [1.165, 1.54) is 11.4 Å². The lowest BCUT2D eigenvalue weighted by atomic mass is 9.95. The lowest BCUT2D eigenvalue weighted by molar-refractivity contribution is -0.145. The fraction of sp³-hybridized carbons (Fsp3) is 0.636. The Bertz CT molecular complexity index is 855. The van der Waals surface area contributed by atoms with Crippen molar-refractivity contribution in [2.24, 2.45) is 0 Å². The van der Waals surface area contributed by atoms with Gasteiger partial charge in [-0.1, -0.05) is 31.4 Å². The number of nitrogens with zero attached hydrogens (tertiary/aromatic N) is 1. The first kappa shape index (κ1) is 25.1. The summed E-state index contributed by atoms with van der Waals surface area (Å²) in [6.07, 6.45) is 3.84. The maximum atomic E-state index is 13.3. The molecular weight excluding hydrogens is 420 g/mol. The number of rotatable bonds is 7. The highest BCUT2D eigenvalue weighted by atomic mass is 32.2. The minimum Gasteiger partial charge on any atom is -0.468 e. The molecule has 2 rings (SSSR count). The third kappa shape index (κ3) is 7.50. The third-order valence-corrected chi connectivity index (χ3v) is 7.08. The van der Waals surface area contributed by atoms with E-state index < -0.39 is 33.7 Å². The monoisotopic (exact) mass is 454 g/mol. The first-order valence-electron chi connectivity index (χ1n) is 10.6. The van der Waals surface area contributed by atoms with Gasteiger partial charge in [0.1, 0.15) is 11.6 Å². The number of ether oxygens (including phenoxy) is 2. The smallest absolute Gasteiger partial charge is 0.412 e.